The van der Waals surface area contributed by atoms with Crippen molar-refractivity contribution in [3.05, 3.63) is 30.0 Å². The van der Waals surface area contributed by atoms with Crippen LogP contribution in [-0.2, 0) is 4.74 Å². The minimum Gasteiger partial charge on any atom is -0.504 e. The molecule has 0 saturated carbocycles. The van der Waals surface area contributed by atoms with Crippen molar-refractivity contribution in [1.82, 2.24) is 5.32 Å². The predicted molar refractivity (Wildman–Crippen MR) is 88.6 cm³/mol. The van der Waals surface area contributed by atoms with E-state index in [1.807, 2.05) is 11.8 Å². The van der Waals surface area contributed by atoms with Crippen molar-refractivity contribution in [2.75, 3.05) is 43.9 Å². The number of nitrogens with zero attached hydrogens (tertiary/aromatic N) is 1. The van der Waals surface area contributed by atoms with Crippen molar-refractivity contribution in [3.8, 4) is 0 Å². The molecule has 0 unspecified atom stereocenters. The number of ether oxygens (including phenoxy) is 1. The third-order valence-electron chi connectivity index (χ3n) is 3.33. The molecule has 1 aliphatic heterocycles. The smallest absolute Gasteiger partial charge is 0.0831 e. The molecule has 1 aliphatic rings. The van der Waals surface area contributed by atoms with Crippen molar-refractivity contribution in [1.29, 1.82) is 0 Å². The minimum absolute atomic E-state index is 1.06. The van der Waals surface area contributed by atoms with E-state index in [1.165, 1.54) is 22.6 Å². The maximum absolute atomic E-state index is 5.13. The first-order chi connectivity index (χ1) is 9.86. The molecule has 20 heavy (non-hydrogen) atoms. The van der Waals surface area contributed by atoms with E-state index in [0.29, 0.717) is 0 Å². The van der Waals surface area contributed by atoms with Crippen molar-refractivity contribution < 1.29 is 4.74 Å². The Hall–Kier alpha value is -1.13. The zero-order valence-electron chi connectivity index (χ0n) is 12.4. The van der Waals surface area contributed by atoms with Gasteiger partial charge in [0.05, 0.1) is 13.4 Å². The first-order valence-electron chi connectivity index (χ1n) is 7.27. The first-order valence-corrected chi connectivity index (χ1v) is 8.26. The highest BCUT2D eigenvalue weighted by molar-refractivity contribution is 7.99. The SMILES string of the molecule is CCCSc1cccc(N2CCNCC2)c1/C=C/OC. The summed E-state index contributed by atoms with van der Waals surface area (Å²) in [5.41, 5.74) is 2.61. The van der Waals surface area contributed by atoms with Gasteiger partial charge in [0.1, 0.15) is 0 Å². The van der Waals surface area contributed by atoms with Crippen LogP contribution < -0.4 is 10.2 Å². The van der Waals surface area contributed by atoms with E-state index in [-0.39, 0.29) is 0 Å². The molecule has 1 fully saturated rings. The summed E-state index contributed by atoms with van der Waals surface area (Å²) < 4.78 is 5.13. The lowest BCUT2D eigenvalue weighted by atomic mass is 10.1. The molecule has 0 aromatic heterocycles. The van der Waals surface area contributed by atoms with Gasteiger partial charge in [-0.25, -0.2) is 0 Å². The lowest BCUT2D eigenvalue weighted by molar-refractivity contribution is 0.341. The molecule has 1 aromatic carbocycles. The van der Waals surface area contributed by atoms with Gasteiger partial charge in [0.2, 0.25) is 0 Å². The molecule has 0 atom stereocenters. The second-order valence-corrected chi connectivity index (χ2v) is 5.95. The molecule has 0 aliphatic carbocycles. The van der Waals surface area contributed by atoms with Gasteiger partial charge in [-0.2, -0.15) is 0 Å². The summed E-state index contributed by atoms with van der Waals surface area (Å²) in [7, 11) is 1.70. The first kappa shape index (κ1) is 15.3. The van der Waals surface area contributed by atoms with Crippen LogP contribution in [0.15, 0.2) is 29.4 Å². The number of rotatable bonds is 6. The Morgan fingerprint density at radius 2 is 2.15 bits per heavy atom. The Balaban J connectivity index is 2.30. The van der Waals surface area contributed by atoms with Gasteiger partial charge in [0, 0.05) is 42.3 Å². The predicted octanol–water partition coefficient (Wildman–Crippen LogP) is 3.22. The highest BCUT2D eigenvalue weighted by Crippen LogP contribution is 2.32. The second-order valence-electron chi connectivity index (χ2n) is 4.81. The molecule has 0 bridgehead atoms. The average Bonchev–Trinajstić information content (AvgIpc) is 2.52. The monoisotopic (exact) mass is 292 g/mol. The topological polar surface area (TPSA) is 24.5 Å². The van der Waals surface area contributed by atoms with Crippen molar-refractivity contribution in [3.63, 3.8) is 0 Å². The number of nitrogens with one attached hydrogen (secondary N) is 1. The van der Waals surface area contributed by atoms with E-state index in [2.05, 4.69) is 41.4 Å². The van der Waals surface area contributed by atoms with Gasteiger partial charge < -0.3 is 15.0 Å². The third kappa shape index (κ3) is 3.93. The largest absolute Gasteiger partial charge is 0.504 e. The fourth-order valence-electron chi connectivity index (χ4n) is 2.36. The molecular weight excluding hydrogens is 268 g/mol. The zero-order chi connectivity index (χ0) is 14.2. The zero-order valence-corrected chi connectivity index (χ0v) is 13.2. The van der Waals surface area contributed by atoms with Gasteiger partial charge in [-0.1, -0.05) is 13.0 Å². The van der Waals surface area contributed by atoms with Crippen LogP contribution >= 0.6 is 11.8 Å². The van der Waals surface area contributed by atoms with Crippen LogP contribution in [0.3, 0.4) is 0 Å². The molecule has 4 heteroatoms. The fraction of sp³-hybridized carbons (Fsp3) is 0.500. The number of methoxy groups -OCH3 is 1. The lowest BCUT2D eigenvalue weighted by Gasteiger charge is -2.31. The van der Waals surface area contributed by atoms with Crippen LogP contribution in [-0.4, -0.2) is 39.0 Å². The summed E-state index contributed by atoms with van der Waals surface area (Å²) in [4.78, 5) is 3.80. The summed E-state index contributed by atoms with van der Waals surface area (Å²) in [6.07, 6.45) is 5.06. The average molecular weight is 292 g/mol. The second kappa shape index (κ2) is 8.22. The molecule has 3 nitrogen and oxygen atoms in total. The summed E-state index contributed by atoms with van der Waals surface area (Å²) in [5, 5.41) is 3.41. The van der Waals surface area contributed by atoms with E-state index < -0.39 is 0 Å². The van der Waals surface area contributed by atoms with Crippen LogP contribution in [0.1, 0.15) is 18.9 Å². The quantitative estimate of drug-likeness (QED) is 0.643. The molecule has 1 saturated heterocycles. The van der Waals surface area contributed by atoms with Crippen molar-refractivity contribution >= 4 is 23.5 Å². The van der Waals surface area contributed by atoms with Gasteiger partial charge in [-0.3, -0.25) is 0 Å². The van der Waals surface area contributed by atoms with Crippen LogP contribution in [0.25, 0.3) is 6.08 Å². The van der Waals surface area contributed by atoms with Crippen molar-refractivity contribution in [2.24, 2.45) is 0 Å². The maximum atomic E-state index is 5.13. The molecule has 110 valence electrons. The van der Waals surface area contributed by atoms with Gasteiger partial charge in [0.25, 0.3) is 0 Å². The molecule has 2 rings (SSSR count). The molecule has 1 heterocycles. The highest BCUT2D eigenvalue weighted by atomic mass is 32.2. The van der Waals surface area contributed by atoms with Crippen LogP contribution in [0.5, 0.6) is 0 Å². The van der Waals surface area contributed by atoms with Gasteiger partial charge in [-0.15, -0.1) is 11.8 Å². The number of hydrogen-bond acceptors (Lipinski definition) is 4. The number of anilines is 1. The Morgan fingerprint density at radius 1 is 1.35 bits per heavy atom. The normalized spacial score (nSPS) is 15.8. The van der Waals surface area contributed by atoms with Crippen LogP contribution in [0, 0.1) is 0 Å². The Morgan fingerprint density at radius 3 is 2.85 bits per heavy atom. The summed E-state index contributed by atoms with van der Waals surface area (Å²) >= 11 is 1.93. The van der Waals surface area contributed by atoms with Crippen molar-refractivity contribution in [2.45, 2.75) is 18.2 Å². The molecule has 0 spiro atoms. The van der Waals surface area contributed by atoms with Gasteiger partial charge >= 0.3 is 0 Å². The Labute approximate surface area is 126 Å². The molecule has 1 N–H and O–H groups in total. The molecule has 0 amide bonds. The molecule has 0 radical (unpaired) electrons. The minimum atomic E-state index is 1.06. The standard InChI is InChI=1S/C16H24N2OS/c1-3-13-20-16-6-4-5-15(14(16)7-12-19-2)18-10-8-17-9-11-18/h4-7,12,17H,3,8-11,13H2,1-2H3/b12-7+. The Bertz CT molecular complexity index is 442. The Kier molecular flexibility index (Phi) is 6.27. The van der Waals surface area contributed by atoms with E-state index >= 15 is 0 Å². The number of hydrogen-bond donors (Lipinski definition) is 1. The number of benzene rings is 1. The van der Waals surface area contributed by atoms with Crippen LogP contribution in [0.4, 0.5) is 5.69 Å². The van der Waals surface area contributed by atoms with Gasteiger partial charge in [0.15, 0.2) is 0 Å². The van der Waals surface area contributed by atoms with E-state index in [4.69, 9.17) is 4.74 Å². The van der Waals surface area contributed by atoms with Crippen LogP contribution in [0.2, 0.25) is 0 Å². The van der Waals surface area contributed by atoms with E-state index in [0.717, 1.165) is 31.9 Å². The summed E-state index contributed by atoms with van der Waals surface area (Å²) in [5.74, 6) is 1.15. The molecular formula is C16H24N2OS. The molecule has 1 aromatic rings. The number of piperazine rings is 1. The highest BCUT2D eigenvalue weighted by Gasteiger charge is 2.15. The number of thioether (sulfide) groups is 1. The van der Waals surface area contributed by atoms with E-state index in [1.54, 1.807) is 13.4 Å². The van der Waals surface area contributed by atoms with E-state index in [9.17, 15) is 0 Å². The van der Waals surface area contributed by atoms with Gasteiger partial charge in [-0.05, 0) is 30.4 Å². The fourth-order valence-corrected chi connectivity index (χ4v) is 3.28. The summed E-state index contributed by atoms with van der Waals surface area (Å²) in [6.45, 7) is 6.46. The maximum Gasteiger partial charge on any atom is 0.0831 e. The third-order valence-corrected chi connectivity index (χ3v) is 4.61. The summed E-state index contributed by atoms with van der Waals surface area (Å²) in [6, 6.07) is 6.59. The lowest BCUT2D eigenvalue weighted by Crippen LogP contribution is -2.43.